The van der Waals surface area contributed by atoms with Crippen LogP contribution in [0.2, 0.25) is 0 Å². The molecule has 0 aliphatic rings. The van der Waals surface area contributed by atoms with Crippen molar-refractivity contribution in [1.82, 2.24) is 4.98 Å². The van der Waals surface area contributed by atoms with Crippen LogP contribution in [-0.2, 0) is 4.74 Å². The molecule has 3 aromatic rings. The van der Waals surface area contributed by atoms with Crippen molar-refractivity contribution in [3.8, 4) is 22.4 Å². The summed E-state index contributed by atoms with van der Waals surface area (Å²) in [5.41, 5.74) is 2.20. The number of ether oxygens (including phenoxy) is 2. The lowest BCUT2D eigenvalue weighted by Gasteiger charge is -2.07. The second kappa shape index (κ2) is 8.28. The van der Waals surface area contributed by atoms with Crippen LogP contribution < -0.4 is 4.74 Å². The Morgan fingerprint density at radius 2 is 1.85 bits per heavy atom. The number of nitrogens with zero attached hydrogens (tertiary/aromatic N) is 2. The van der Waals surface area contributed by atoms with Crippen molar-refractivity contribution < 1.29 is 14.3 Å². The first kappa shape index (κ1) is 17.6. The molecular weight excluding hydrogens is 348 g/mol. The van der Waals surface area contributed by atoms with Crippen molar-refractivity contribution in [2.24, 2.45) is 0 Å². The Kier molecular flexibility index (Phi) is 5.62. The van der Waals surface area contributed by atoms with Crippen molar-refractivity contribution in [3.05, 3.63) is 70.7 Å². The van der Waals surface area contributed by atoms with Crippen LogP contribution in [0.4, 0.5) is 0 Å². The first-order valence-electron chi connectivity index (χ1n) is 8.00. The topological polar surface area (TPSA) is 72.2 Å². The molecule has 0 spiro atoms. The molecule has 6 heteroatoms. The number of aromatic nitrogens is 1. The van der Waals surface area contributed by atoms with Crippen LogP contribution in [0.3, 0.4) is 0 Å². The van der Waals surface area contributed by atoms with Crippen LogP contribution in [-0.4, -0.2) is 24.2 Å². The lowest BCUT2D eigenvalue weighted by molar-refractivity contribution is 0.0455. The van der Waals surface area contributed by atoms with Gasteiger partial charge in [-0.1, -0.05) is 30.3 Å². The van der Waals surface area contributed by atoms with Gasteiger partial charge in [0.25, 0.3) is 0 Å². The normalized spacial score (nSPS) is 10.2. The summed E-state index contributed by atoms with van der Waals surface area (Å²) in [6.07, 6.45) is 0. The zero-order valence-electron chi connectivity index (χ0n) is 14.1. The minimum absolute atomic E-state index is 0.136. The van der Waals surface area contributed by atoms with Crippen LogP contribution in [0.25, 0.3) is 10.6 Å². The maximum atomic E-state index is 12.3. The predicted molar refractivity (Wildman–Crippen MR) is 99.2 cm³/mol. The second-order valence-electron chi connectivity index (χ2n) is 5.42. The van der Waals surface area contributed by atoms with Crippen molar-refractivity contribution in [2.45, 2.75) is 6.92 Å². The smallest absolute Gasteiger partial charge is 0.350 e. The first-order valence-corrected chi connectivity index (χ1v) is 8.82. The van der Waals surface area contributed by atoms with Gasteiger partial charge in [0.05, 0.1) is 17.3 Å². The van der Waals surface area contributed by atoms with E-state index < -0.39 is 5.97 Å². The zero-order valence-corrected chi connectivity index (χ0v) is 15.0. The molecule has 0 amide bonds. The van der Waals surface area contributed by atoms with Gasteiger partial charge in [0, 0.05) is 5.56 Å². The van der Waals surface area contributed by atoms with Crippen LogP contribution >= 0.6 is 11.3 Å². The van der Waals surface area contributed by atoms with E-state index in [4.69, 9.17) is 14.7 Å². The summed E-state index contributed by atoms with van der Waals surface area (Å²) >= 11 is 1.32. The average Bonchev–Trinajstić information content (AvgIpc) is 3.08. The van der Waals surface area contributed by atoms with Gasteiger partial charge >= 0.3 is 5.97 Å². The number of thiazole rings is 1. The minimum Gasteiger partial charge on any atom is -0.490 e. The molecule has 26 heavy (non-hydrogen) atoms. The molecule has 0 fully saturated rings. The van der Waals surface area contributed by atoms with Gasteiger partial charge in [-0.15, -0.1) is 11.3 Å². The molecule has 5 nitrogen and oxygen atoms in total. The van der Waals surface area contributed by atoms with E-state index in [0.717, 1.165) is 10.6 Å². The molecule has 3 rings (SSSR count). The van der Waals surface area contributed by atoms with Crippen LogP contribution in [0.1, 0.15) is 20.9 Å². The molecule has 0 aliphatic carbocycles. The number of benzene rings is 2. The number of carbonyl (C=O) groups excluding carboxylic acids is 1. The van der Waals surface area contributed by atoms with E-state index >= 15 is 0 Å². The monoisotopic (exact) mass is 364 g/mol. The van der Waals surface area contributed by atoms with Gasteiger partial charge < -0.3 is 9.47 Å². The quantitative estimate of drug-likeness (QED) is 0.483. The lowest BCUT2D eigenvalue weighted by Crippen LogP contribution is -2.12. The summed E-state index contributed by atoms with van der Waals surface area (Å²) in [6.45, 7) is 2.17. The van der Waals surface area contributed by atoms with Gasteiger partial charge in [-0.3, -0.25) is 0 Å². The summed E-state index contributed by atoms with van der Waals surface area (Å²) in [7, 11) is 0. The first-order chi connectivity index (χ1) is 12.7. The van der Waals surface area contributed by atoms with E-state index in [1.807, 2.05) is 36.4 Å². The fraction of sp³-hybridized carbons (Fsp3) is 0.150. The number of carbonyl (C=O) groups is 1. The van der Waals surface area contributed by atoms with Gasteiger partial charge in [-0.25, -0.2) is 9.78 Å². The Balaban J connectivity index is 1.53. The maximum Gasteiger partial charge on any atom is 0.350 e. The van der Waals surface area contributed by atoms with E-state index in [-0.39, 0.29) is 13.2 Å². The van der Waals surface area contributed by atoms with Crippen molar-refractivity contribution in [2.75, 3.05) is 13.2 Å². The summed E-state index contributed by atoms with van der Waals surface area (Å²) in [5.74, 6) is 0.228. The van der Waals surface area contributed by atoms with E-state index in [9.17, 15) is 4.79 Å². The fourth-order valence-electron chi connectivity index (χ4n) is 2.28. The molecule has 0 bridgehead atoms. The molecule has 0 saturated heterocycles. The van der Waals surface area contributed by atoms with Crippen molar-refractivity contribution in [1.29, 1.82) is 5.26 Å². The van der Waals surface area contributed by atoms with Gasteiger partial charge in [-0.2, -0.15) is 5.26 Å². The number of hydrogen-bond donors (Lipinski definition) is 0. The standard InChI is InChI=1S/C20H16N2O3S/c1-14-18(26-19(22-14)16-5-3-2-4-6-16)20(23)25-12-11-24-17-9-7-15(13-21)8-10-17/h2-10H,11-12H2,1H3. The SMILES string of the molecule is Cc1nc(-c2ccccc2)sc1C(=O)OCCOc1ccc(C#N)cc1. The van der Waals surface area contributed by atoms with E-state index in [2.05, 4.69) is 4.98 Å². The number of hydrogen-bond acceptors (Lipinski definition) is 6. The fourth-order valence-corrected chi connectivity index (χ4v) is 3.24. The average molecular weight is 364 g/mol. The molecule has 0 aliphatic heterocycles. The Bertz CT molecular complexity index is 928. The third kappa shape index (κ3) is 4.26. The minimum atomic E-state index is -0.398. The van der Waals surface area contributed by atoms with Crippen LogP contribution in [0, 0.1) is 18.3 Å². The summed E-state index contributed by atoms with van der Waals surface area (Å²) in [5, 5.41) is 9.55. The van der Waals surface area contributed by atoms with Gasteiger partial charge in [0.2, 0.25) is 0 Å². The molecule has 130 valence electrons. The lowest BCUT2D eigenvalue weighted by atomic mass is 10.2. The van der Waals surface area contributed by atoms with Gasteiger partial charge in [-0.05, 0) is 31.2 Å². The molecule has 0 unspecified atom stereocenters. The summed E-state index contributed by atoms with van der Waals surface area (Å²) < 4.78 is 10.8. The number of rotatable bonds is 6. The zero-order chi connectivity index (χ0) is 18.4. The van der Waals surface area contributed by atoms with Crippen molar-refractivity contribution >= 4 is 17.3 Å². The number of nitriles is 1. The van der Waals surface area contributed by atoms with Crippen LogP contribution in [0.5, 0.6) is 5.75 Å². The largest absolute Gasteiger partial charge is 0.490 e. The molecule has 1 heterocycles. The highest BCUT2D eigenvalue weighted by atomic mass is 32.1. The Hall–Kier alpha value is -3.17. The van der Waals surface area contributed by atoms with E-state index in [1.54, 1.807) is 31.2 Å². The van der Waals surface area contributed by atoms with Crippen LogP contribution in [0.15, 0.2) is 54.6 Å². The molecule has 0 saturated carbocycles. The molecular formula is C20H16N2O3S. The highest BCUT2D eigenvalue weighted by molar-refractivity contribution is 7.17. The summed E-state index contributed by atoms with van der Waals surface area (Å²) in [6, 6.07) is 18.5. The Morgan fingerprint density at radius 1 is 1.12 bits per heavy atom. The number of esters is 1. The summed E-state index contributed by atoms with van der Waals surface area (Å²) in [4.78, 5) is 17.2. The Morgan fingerprint density at radius 3 is 2.54 bits per heavy atom. The third-order valence-corrected chi connectivity index (χ3v) is 4.76. The Labute approximate surface area is 155 Å². The maximum absolute atomic E-state index is 12.3. The number of aryl methyl sites for hydroxylation is 1. The molecule has 0 N–H and O–H groups in total. The highest BCUT2D eigenvalue weighted by Gasteiger charge is 2.17. The van der Waals surface area contributed by atoms with Gasteiger partial charge in [0.1, 0.15) is 28.8 Å². The highest BCUT2D eigenvalue weighted by Crippen LogP contribution is 2.28. The molecule has 0 atom stereocenters. The molecule has 1 aromatic heterocycles. The predicted octanol–water partition coefficient (Wildman–Crippen LogP) is 4.23. The van der Waals surface area contributed by atoms with Gasteiger partial charge in [0.15, 0.2) is 0 Å². The third-order valence-electron chi connectivity index (χ3n) is 3.57. The molecule has 2 aromatic carbocycles. The second-order valence-corrected chi connectivity index (χ2v) is 6.42. The van der Waals surface area contributed by atoms with E-state index in [1.165, 1.54) is 11.3 Å². The molecule has 0 radical (unpaired) electrons. The van der Waals surface area contributed by atoms with E-state index in [0.29, 0.717) is 21.9 Å². The van der Waals surface area contributed by atoms with Crippen molar-refractivity contribution in [3.63, 3.8) is 0 Å².